The van der Waals surface area contributed by atoms with E-state index in [4.69, 9.17) is 27.9 Å². The number of halogens is 4. The smallest absolute Gasteiger partial charge is 0.146 e. The molecule has 0 aliphatic carbocycles. The van der Waals surface area contributed by atoms with Crippen molar-refractivity contribution in [3.8, 4) is 11.5 Å². The molecule has 0 saturated heterocycles. The monoisotopic (exact) mass is 391 g/mol. The van der Waals surface area contributed by atoms with Crippen LogP contribution in [0.15, 0.2) is 34.8 Å². The van der Waals surface area contributed by atoms with Crippen LogP contribution in [0.4, 0.5) is 4.39 Å². The van der Waals surface area contributed by atoms with E-state index in [0.29, 0.717) is 21.0 Å². The van der Waals surface area contributed by atoms with Crippen molar-refractivity contribution in [1.82, 2.24) is 5.32 Å². The van der Waals surface area contributed by atoms with Gasteiger partial charge in [0.1, 0.15) is 17.3 Å². The quantitative estimate of drug-likeness (QED) is 0.647. The van der Waals surface area contributed by atoms with Crippen LogP contribution in [0.3, 0.4) is 0 Å². The summed E-state index contributed by atoms with van der Waals surface area (Å²) in [6.07, 6.45) is 0. The van der Waals surface area contributed by atoms with Crippen molar-refractivity contribution in [2.24, 2.45) is 0 Å². The zero-order valence-electron chi connectivity index (χ0n) is 11.4. The summed E-state index contributed by atoms with van der Waals surface area (Å²) >= 11 is 15.2. The Hall–Kier alpha value is -0.810. The highest BCUT2D eigenvalue weighted by Gasteiger charge is 2.12. The Morgan fingerprint density at radius 1 is 1.14 bits per heavy atom. The van der Waals surface area contributed by atoms with Crippen LogP contribution in [-0.2, 0) is 0 Å². The molecule has 0 radical (unpaired) electrons. The van der Waals surface area contributed by atoms with E-state index in [0.717, 1.165) is 5.56 Å². The lowest BCUT2D eigenvalue weighted by molar-refractivity contribution is 0.473. The van der Waals surface area contributed by atoms with Gasteiger partial charge in [-0.3, -0.25) is 0 Å². The Labute approximate surface area is 141 Å². The van der Waals surface area contributed by atoms with E-state index in [2.05, 4.69) is 21.2 Å². The Morgan fingerprint density at radius 2 is 1.86 bits per heavy atom. The summed E-state index contributed by atoms with van der Waals surface area (Å²) in [7, 11) is 1.87. The van der Waals surface area contributed by atoms with E-state index in [-0.39, 0.29) is 11.1 Å². The number of nitrogens with one attached hydrogen (secondary N) is 1. The van der Waals surface area contributed by atoms with Crippen molar-refractivity contribution in [2.45, 2.75) is 13.0 Å². The molecule has 1 atom stereocenters. The van der Waals surface area contributed by atoms with Crippen molar-refractivity contribution < 1.29 is 9.13 Å². The van der Waals surface area contributed by atoms with Gasteiger partial charge in [0.15, 0.2) is 0 Å². The summed E-state index contributed by atoms with van der Waals surface area (Å²) < 4.78 is 19.7. The standard InChI is InChI=1S/C15H13BrCl2FNO/c1-8(20-2)9-3-4-14(12(18)5-9)21-15-7-13(19)11(17)6-10(15)16/h3-8,20H,1-2H3. The molecule has 2 nitrogen and oxygen atoms in total. The second kappa shape index (κ2) is 6.97. The second-order valence-electron chi connectivity index (χ2n) is 4.50. The fraction of sp³-hybridized carbons (Fsp3) is 0.200. The van der Waals surface area contributed by atoms with E-state index < -0.39 is 5.82 Å². The Balaban J connectivity index is 2.30. The predicted octanol–water partition coefficient (Wildman–Crippen LogP) is 5.97. The third-order valence-electron chi connectivity index (χ3n) is 3.08. The highest BCUT2D eigenvalue weighted by atomic mass is 79.9. The molecule has 1 N–H and O–H groups in total. The van der Waals surface area contributed by atoms with Gasteiger partial charge in [0.25, 0.3) is 0 Å². The molecular formula is C15H13BrCl2FNO. The van der Waals surface area contributed by atoms with E-state index in [1.807, 2.05) is 26.1 Å². The fourth-order valence-corrected chi connectivity index (χ4v) is 2.68. The summed E-state index contributed by atoms with van der Waals surface area (Å²) in [6.45, 7) is 2.03. The Bertz CT molecular complexity index is 666. The van der Waals surface area contributed by atoms with Crippen LogP contribution in [0.2, 0.25) is 10.0 Å². The summed E-state index contributed by atoms with van der Waals surface area (Å²) in [5.41, 5.74) is 1.04. The Morgan fingerprint density at radius 3 is 2.48 bits per heavy atom. The maximum absolute atomic E-state index is 13.5. The fourth-order valence-electron chi connectivity index (χ4n) is 1.74. The normalized spacial score (nSPS) is 12.3. The van der Waals surface area contributed by atoms with Crippen molar-refractivity contribution in [3.63, 3.8) is 0 Å². The van der Waals surface area contributed by atoms with Crippen LogP contribution in [0.25, 0.3) is 0 Å². The average molecular weight is 393 g/mol. The van der Waals surface area contributed by atoms with E-state index in [1.165, 1.54) is 12.1 Å². The topological polar surface area (TPSA) is 21.3 Å². The zero-order valence-corrected chi connectivity index (χ0v) is 14.5. The third kappa shape index (κ3) is 3.89. The molecule has 0 spiro atoms. The van der Waals surface area contributed by atoms with E-state index in [1.54, 1.807) is 6.07 Å². The minimum Gasteiger partial charge on any atom is -0.455 e. The first-order chi connectivity index (χ1) is 9.92. The summed E-state index contributed by atoms with van der Waals surface area (Å²) in [4.78, 5) is 0. The lowest BCUT2D eigenvalue weighted by atomic mass is 10.1. The molecule has 2 aromatic rings. The lowest BCUT2D eigenvalue weighted by Crippen LogP contribution is -2.12. The molecular weight excluding hydrogens is 380 g/mol. The number of rotatable bonds is 4. The first-order valence-electron chi connectivity index (χ1n) is 6.21. The molecule has 2 aromatic carbocycles. The van der Waals surface area contributed by atoms with Crippen molar-refractivity contribution >= 4 is 39.1 Å². The van der Waals surface area contributed by atoms with Crippen LogP contribution in [0.5, 0.6) is 11.5 Å². The van der Waals surface area contributed by atoms with Gasteiger partial charge in [0, 0.05) is 12.1 Å². The largest absolute Gasteiger partial charge is 0.455 e. The minimum atomic E-state index is -0.550. The Kier molecular flexibility index (Phi) is 5.49. The SMILES string of the molecule is CNC(C)c1ccc(Oc2cc(F)c(Cl)cc2Br)c(Cl)c1. The summed E-state index contributed by atoms with van der Waals surface area (Å²) in [5, 5.41) is 3.61. The predicted molar refractivity (Wildman–Crippen MR) is 88.1 cm³/mol. The average Bonchev–Trinajstić information content (AvgIpc) is 2.45. The number of hydrogen-bond donors (Lipinski definition) is 1. The molecule has 0 aromatic heterocycles. The van der Waals surface area contributed by atoms with Crippen LogP contribution in [0.1, 0.15) is 18.5 Å². The van der Waals surface area contributed by atoms with Gasteiger partial charge >= 0.3 is 0 Å². The molecule has 1 unspecified atom stereocenters. The van der Waals surface area contributed by atoms with Crippen LogP contribution < -0.4 is 10.1 Å². The third-order valence-corrected chi connectivity index (χ3v) is 4.29. The first-order valence-corrected chi connectivity index (χ1v) is 7.76. The van der Waals surface area contributed by atoms with Crippen molar-refractivity contribution in [1.29, 1.82) is 0 Å². The molecule has 112 valence electrons. The highest BCUT2D eigenvalue weighted by Crippen LogP contribution is 2.37. The number of benzene rings is 2. The molecule has 0 aliphatic rings. The van der Waals surface area contributed by atoms with E-state index in [9.17, 15) is 4.39 Å². The minimum absolute atomic E-state index is 0.0264. The number of hydrogen-bond acceptors (Lipinski definition) is 2. The molecule has 6 heteroatoms. The molecule has 0 aliphatic heterocycles. The van der Waals surface area contributed by atoms with E-state index >= 15 is 0 Å². The van der Waals surface area contributed by atoms with Crippen LogP contribution in [0, 0.1) is 5.82 Å². The van der Waals surface area contributed by atoms with Crippen LogP contribution in [-0.4, -0.2) is 7.05 Å². The van der Waals surface area contributed by atoms with Gasteiger partial charge in [-0.05, 0) is 53.7 Å². The maximum Gasteiger partial charge on any atom is 0.146 e. The molecule has 0 fully saturated rings. The van der Waals surface area contributed by atoms with Gasteiger partial charge in [0.2, 0.25) is 0 Å². The second-order valence-corrected chi connectivity index (χ2v) is 6.17. The maximum atomic E-state index is 13.5. The lowest BCUT2D eigenvalue weighted by Gasteiger charge is -2.14. The molecule has 0 bridgehead atoms. The molecule has 0 heterocycles. The molecule has 0 amide bonds. The van der Waals surface area contributed by atoms with Gasteiger partial charge in [-0.25, -0.2) is 4.39 Å². The molecule has 21 heavy (non-hydrogen) atoms. The summed E-state index contributed by atoms with van der Waals surface area (Å²) in [5.74, 6) is 0.214. The van der Waals surface area contributed by atoms with Gasteiger partial charge in [-0.1, -0.05) is 29.3 Å². The summed E-state index contributed by atoms with van der Waals surface area (Å²) in [6, 6.07) is 8.31. The van der Waals surface area contributed by atoms with Gasteiger partial charge < -0.3 is 10.1 Å². The van der Waals surface area contributed by atoms with Gasteiger partial charge in [-0.15, -0.1) is 0 Å². The molecule has 0 saturated carbocycles. The van der Waals surface area contributed by atoms with Crippen LogP contribution >= 0.6 is 39.1 Å². The van der Waals surface area contributed by atoms with Gasteiger partial charge in [-0.2, -0.15) is 0 Å². The van der Waals surface area contributed by atoms with Crippen molar-refractivity contribution in [2.75, 3.05) is 7.05 Å². The van der Waals surface area contributed by atoms with Crippen molar-refractivity contribution in [3.05, 3.63) is 56.2 Å². The van der Waals surface area contributed by atoms with Gasteiger partial charge in [0.05, 0.1) is 14.5 Å². The zero-order chi connectivity index (χ0) is 15.6. The first kappa shape index (κ1) is 16.6. The number of ether oxygens (including phenoxy) is 1. The highest BCUT2D eigenvalue weighted by molar-refractivity contribution is 9.10. The molecule has 2 rings (SSSR count).